The fourth-order valence-corrected chi connectivity index (χ4v) is 3.18. The Morgan fingerprint density at radius 1 is 0.897 bits per heavy atom. The number of nitrogens with one attached hydrogen (secondary N) is 1. The molecule has 1 amide bonds. The van der Waals surface area contributed by atoms with E-state index in [1.54, 1.807) is 55.6 Å². The van der Waals surface area contributed by atoms with E-state index in [1.807, 2.05) is 31.2 Å². The van der Waals surface area contributed by atoms with Crippen molar-refractivity contribution in [3.8, 4) is 5.75 Å². The number of fused-ring (bicyclic) bond motifs is 1. The van der Waals surface area contributed by atoms with Gasteiger partial charge in [-0.3, -0.25) is 9.59 Å². The normalized spacial score (nSPS) is 10.7. The summed E-state index contributed by atoms with van der Waals surface area (Å²) < 4.78 is 11.0. The highest BCUT2D eigenvalue weighted by molar-refractivity contribution is 6.11. The second-order valence-electron chi connectivity index (χ2n) is 6.64. The molecule has 0 aliphatic carbocycles. The fraction of sp³-hybridized carbons (Fsp3) is 0.0833. The molecule has 0 bridgehead atoms. The van der Waals surface area contributed by atoms with Crippen LogP contribution in [0.25, 0.3) is 11.0 Å². The molecule has 1 aromatic heterocycles. The van der Waals surface area contributed by atoms with Crippen molar-refractivity contribution >= 4 is 28.3 Å². The maximum absolute atomic E-state index is 12.9. The zero-order chi connectivity index (χ0) is 20.4. The van der Waals surface area contributed by atoms with Gasteiger partial charge in [0.1, 0.15) is 11.3 Å². The average Bonchev–Trinajstić information content (AvgIpc) is 3.10. The van der Waals surface area contributed by atoms with Crippen molar-refractivity contribution in [3.05, 3.63) is 95.2 Å². The van der Waals surface area contributed by atoms with Crippen molar-refractivity contribution in [3.63, 3.8) is 0 Å². The number of hydrogen-bond acceptors (Lipinski definition) is 4. The molecule has 0 aliphatic heterocycles. The predicted molar refractivity (Wildman–Crippen MR) is 112 cm³/mol. The van der Waals surface area contributed by atoms with Crippen molar-refractivity contribution in [2.45, 2.75) is 6.92 Å². The summed E-state index contributed by atoms with van der Waals surface area (Å²) >= 11 is 0. The Bertz CT molecular complexity index is 1190. The smallest absolute Gasteiger partial charge is 0.255 e. The zero-order valence-electron chi connectivity index (χ0n) is 16.1. The van der Waals surface area contributed by atoms with Gasteiger partial charge in [-0.25, -0.2) is 0 Å². The Morgan fingerprint density at radius 2 is 1.62 bits per heavy atom. The Hall–Kier alpha value is -3.86. The maximum Gasteiger partial charge on any atom is 0.255 e. The van der Waals surface area contributed by atoms with E-state index in [4.69, 9.17) is 9.15 Å². The third kappa shape index (κ3) is 3.62. The van der Waals surface area contributed by atoms with Crippen LogP contribution in [0.1, 0.15) is 32.0 Å². The van der Waals surface area contributed by atoms with E-state index in [-0.39, 0.29) is 17.5 Å². The molecule has 4 rings (SSSR count). The summed E-state index contributed by atoms with van der Waals surface area (Å²) in [5, 5.41) is 3.67. The molecule has 4 aromatic rings. The van der Waals surface area contributed by atoms with Crippen LogP contribution in [0.15, 0.2) is 77.2 Å². The number of benzene rings is 3. The number of ether oxygens (including phenoxy) is 1. The van der Waals surface area contributed by atoms with Gasteiger partial charge in [0.15, 0.2) is 5.76 Å². The second-order valence-corrected chi connectivity index (χ2v) is 6.64. The van der Waals surface area contributed by atoms with Crippen LogP contribution in [0.2, 0.25) is 0 Å². The first-order valence-corrected chi connectivity index (χ1v) is 9.15. The number of carbonyl (C=O) groups excluding carboxylic acids is 2. The van der Waals surface area contributed by atoms with Crippen LogP contribution >= 0.6 is 0 Å². The Morgan fingerprint density at radius 3 is 2.31 bits per heavy atom. The van der Waals surface area contributed by atoms with Crippen molar-refractivity contribution in [1.29, 1.82) is 0 Å². The monoisotopic (exact) mass is 385 g/mol. The van der Waals surface area contributed by atoms with Gasteiger partial charge in [-0.2, -0.15) is 0 Å². The molecule has 5 heteroatoms. The lowest BCUT2D eigenvalue weighted by Crippen LogP contribution is -2.11. The number of carbonyl (C=O) groups is 2. The number of aryl methyl sites for hydroxylation is 1. The molecule has 29 heavy (non-hydrogen) atoms. The predicted octanol–water partition coefficient (Wildman–Crippen LogP) is 5.23. The minimum absolute atomic E-state index is 0.194. The lowest BCUT2D eigenvalue weighted by Gasteiger charge is -2.05. The van der Waals surface area contributed by atoms with Gasteiger partial charge >= 0.3 is 0 Å². The first-order chi connectivity index (χ1) is 14.1. The van der Waals surface area contributed by atoms with Crippen molar-refractivity contribution in [2.24, 2.45) is 0 Å². The molecule has 0 atom stereocenters. The van der Waals surface area contributed by atoms with Crippen LogP contribution in [0.3, 0.4) is 0 Å². The van der Waals surface area contributed by atoms with Crippen molar-refractivity contribution < 1.29 is 18.7 Å². The molecule has 0 saturated heterocycles. The van der Waals surface area contributed by atoms with Gasteiger partial charge in [-0.15, -0.1) is 0 Å². The summed E-state index contributed by atoms with van der Waals surface area (Å²) in [6, 6.07) is 21.2. The minimum Gasteiger partial charge on any atom is -0.497 e. The summed E-state index contributed by atoms with van der Waals surface area (Å²) in [5.41, 5.74) is 3.06. The first-order valence-electron chi connectivity index (χ1n) is 9.15. The third-order valence-corrected chi connectivity index (χ3v) is 4.79. The summed E-state index contributed by atoms with van der Waals surface area (Å²) in [6.45, 7) is 1.84. The summed E-state index contributed by atoms with van der Waals surface area (Å²) in [6.07, 6.45) is 0. The SMILES string of the molecule is COc1ccc(C(=O)c2oc3ccc(NC(=O)c4ccccc4)cc3c2C)cc1. The number of amides is 1. The van der Waals surface area contributed by atoms with E-state index in [0.29, 0.717) is 28.1 Å². The molecule has 0 aliphatic rings. The number of ketones is 1. The third-order valence-electron chi connectivity index (χ3n) is 4.79. The highest BCUT2D eigenvalue weighted by atomic mass is 16.5. The quantitative estimate of drug-likeness (QED) is 0.478. The van der Waals surface area contributed by atoms with Gasteiger partial charge in [-0.1, -0.05) is 18.2 Å². The molecule has 0 fully saturated rings. The van der Waals surface area contributed by atoms with E-state index in [1.165, 1.54) is 0 Å². The van der Waals surface area contributed by atoms with E-state index in [2.05, 4.69) is 5.32 Å². The van der Waals surface area contributed by atoms with Gasteiger partial charge < -0.3 is 14.5 Å². The Balaban J connectivity index is 1.63. The number of hydrogen-bond donors (Lipinski definition) is 1. The number of rotatable bonds is 5. The molecule has 1 N–H and O–H groups in total. The topological polar surface area (TPSA) is 68.5 Å². The Kier molecular flexibility index (Phi) is 4.87. The molecule has 144 valence electrons. The summed E-state index contributed by atoms with van der Waals surface area (Å²) in [4.78, 5) is 25.3. The van der Waals surface area contributed by atoms with Crippen LogP contribution in [0.5, 0.6) is 5.75 Å². The molecular formula is C24H19NO4. The number of furan rings is 1. The van der Waals surface area contributed by atoms with Crippen LogP contribution < -0.4 is 10.1 Å². The summed E-state index contributed by atoms with van der Waals surface area (Å²) in [5.74, 6) is 0.579. The molecule has 0 spiro atoms. The van der Waals surface area contributed by atoms with Gasteiger partial charge in [0.05, 0.1) is 7.11 Å². The first kappa shape index (κ1) is 18.5. The zero-order valence-corrected chi connectivity index (χ0v) is 16.1. The molecule has 5 nitrogen and oxygen atoms in total. The minimum atomic E-state index is -0.198. The van der Waals surface area contributed by atoms with Gasteiger partial charge in [0.2, 0.25) is 5.78 Å². The molecule has 1 heterocycles. The molecular weight excluding hydrogens is 366 g/mol. The molecule has 0 unspecified atom stereocenters. The van der Waals surface area contributed by atoms with Crippen LogP contribution in [0, 0.1) is 6.92 Å². The average molecular weight is 385 g/mol. The van der Waals surface area contributed by atoms with E-state index in [0.717, 1.165) is 10.9 Å². The lowest BCUT2D eigenvalue weighted by molar-refractivity contribution is 0.101. The van der Waals surface area contributed by atoms with Gasteiger partial charge in [0.25, 0.3) is 5.91 Å². The lowest BCUT2D eigenvalue weighted by atomic mass is 10.0. The van der Waals surface area contributed by atoms with E-state index in [9.17, 15) is 9.59 Å². The standard InChI is InChI=1S/C24H19NO4/c1-15-20-14-18(25-24(27)17-6-4-3-5-7-17)10-13-21(20)29-23(15)22(26)16-8-11-19(28-2)12-9-16/h3-14H,1-2H3,(H,25,27). The van der Waals surface area contributed by atoms with E-state index < -0.39 is 0 Å². The number of methoxy groups -OCH3 is 1. The van der Waals surface area contributed by atoms with Crippen LogP contribution in [-0.4, -0.2) is 18.8 Å². The second kappa shape index (κ2) is 7.64. The van der Waals surface area contributed by atoms with Crippen LogP contribution in [0.4, 0.5) is 5.69 Å². The largest absolute Gasteiger partial charge is 0.497 e. The maximum atomic E-state index is 12.9. The molecule has 3 aromatic carbocycles. The molecule has 0 radical (unpaired) electrons. The van der Waals surface area contributed by atoms with Gasteiger partial charge in [-0.05, 0) is 61.5 Å². The highest BCUT2D eigenvalue weighted by Gasteiger charge is 2.20. The van der Waals surface area contributed by atoms with E-state index >= 15 is 0 Å². The van der Waals surface area contributed by atoms with Crippen molar-refractivity contribution in [2.75, 3.05) is 12.4 Å². The molecule has 0 saturated carbocycles. The van der Waals surface area contributed by atoms with Crippen LogP contribution in [-0.2, 0) is 0 Å². The Labute approximate surface area is 167 Å². The summed E-state index contributed by atoms with van der Waals surface area (Å²) in [7, 11) is 1.58. The highest BCUT2D eigenvalue weighted by Crippen LogP contribution is 2.30. The van der Waals surface area contributed by atoms with Crippen molar-refractivity contribution in [1.82, 2.24) is 0 Å². The van der Waals surface area contributed by atoms with Gasteiger partial charge in [0, 0.05) is 27.8 Å². The number of anilines is 1. The fourth-order valence-electron chi connectivity index (χ4n) is 3.18.